The van der Waals surface area contributed by atoms with E-state index in [0.29, 0.717) is 6.42 Å². The van der Waals surface area contributed by atoms with Gasteiger partial charge in [0.25, 0.3) is 0 Å². The van der Waals surface area contributed by atoms with Crippen LogP contribution in [0.25, 0.3) is 0 Å². The van der Waals surface area contributed by atoms with Gasteiger partial charge in [0.05, 0.1) is 7.11 Å². The molecule has 0 aliphatic heterocycles. The first-order valence-electron chi connectivity index (χ1n) is 11.3. The maximum atomic E-state index is 14.4. The third-order valence-corrected chi connectivity index (χ3v) is 6.03. The van der Waals surface area contributed by atoms with Crippen LogP contribution in [0.4, 0.5) is 0 Å². The summed E-state index contributed by atoms with van der Waals surface area (Å²) in [5.41, 5.74) is 2.21. The molecule has 0 fully saturated rings. The fourth-order valence-electron chi connectivity index (χ4n) is 4.41. The van der Waals surface area contributed by atoms with Crippen LogP contribution < -0.4 is 5.32 Å². The van der Waals surface area contributed by atoms with Crippen molar-refractivity contribution in [2.24, 2.45) is 0 Å². The van der Waals surface area contributed by atoms with Gasteiger partial charge in [-0.1, -0.05) is 121 Å². The van der Waals surface area contributed by atoms with E-state index in [1.165, 1.54) is 7.11 Å². The summed E-state index contributed by atoms with van der Waals surface area (Å²) in [6.07, 6.45) is 0.327. The van der Waals surface area contributed by atoms with Crippen molar-refractivity contribution in [3.05, 3.63) is 144 Å². The first-order chi connectivity index (χ1) is 16.7. The molecule has 0 aliphatic carbocycles. The van der Waals surface area contributed by atoms with Gasteiger partial charge in [0.2, 0.25) is 5.91 Å². The van der Waals surface area contributed by atoms with Crippen molar-refractivity contribution >= 4 is 11.9 Å². The summed E-state index contributed by atoms with van der Waals surface area (Å²) in [6, 6.07) is 37.8. The van der Waals surface area contributed by atoms with E-state index in [2.05, 4.69) is 5.32 Å². The van der Waals surface area contributed by atoms with E-state index in [0.717, 1.165) is 22.3 Å². The van der Waals surface area contributed by atoms with Crippen LogP contribution in [0.2, 0.25) is 0 Å². The Morgan fingerprint density at radius 3 is 1.44 bits per heavy atom. The summed E-state index contributed by atoms with van der Waals surface area (Å²) >= 11 is 0. The van der Waals surface area contributed by atoms with Gasteiger partial charge in [0.1, 0.15) is 11.5 Å². The van der Waals surface area contributed by atoms with Crippen molar-refractivity contribution in [2.45, 2.75) is 17.9 Å². The molecule has 34 heavy (non-hydrogen) atoms. The average Bonchev–Trinajstić information content (AvgIpc) is 2.91. The predicted octanol–water partition coefficient (Wildman–Crippen LogP) is 4.92. The van der Waals surface area contributed by atoms with E-state index in [9.17, 15) is 9.59 Å². The standard InChI is InChI=1S/C30H27NO3/c1-34-28(32)27(22-23-14-6-2-7-15-23)31-29(33)30(24-16-8-3-9-17-24,25-18-10-4-11-19-25)26-20-12-5-13-21-26/h2-21,27H,22H2,1H3,(H,31,33)/t27-/m1/s1. The molecule has 0 heterocycles. The maximum Gasteiger partial charge on any atom is 0.328 e. The van der Waals surface area contributed by atoms with Gasteiger partial charge in [-0.25, -0.2) is 4.79 Å². The fourth-order valence-corrected chi connectivity index (χ4v) is 4.41. The molecule has 1 N–H and O–H groups in total. The van der Waals surface area contributed by atoms with Crippen LogP contribution in [0.1, 0.15) is 22.3 Å². The lowest BCUT2D eigenvalue weighted by Gasteiger charge is -2.35. The number of carbonyl (C=O) groups is 2. The summed E-state index contributed by atoms with van der Waals surface area (Å²) in [4.78, 5) is 27.1. The molecule has 4 rings (SSSR count). The molecule has 0 unspecified atom stereocenters. The molecular formula is C30H27NO3. The Morgan fingerprint density at radius 1 is 0.676 bits per heavy atom. The normalized spacial score (nSPS) is 11.9. The second-order valence-corrected chi connectivity index (χ2v) is 8.09. The van der Waals surface area contributed by atoms with Gasteiger partial charge in [0, 0.05) is 6.42 Å². The Bertz CT molecular complexity index is 1110. The molecule has 0 saturated heterocycles. The van der Waals surface area contributed by atoms with Gasteiger partial charge in [-0.2, -0.15) is 0 Å². The highest BCUT2D eigenvalue weighted by Gasteiger charge is 2.45. The Balaban J connectivity index is 1.85. The molecule has 4 nitrogen and oxygen atoms in total. The van der Waals surface area contributed by atoms with E-state index in [4.69, 9.17) is 4.74 Å². The van der Waals surface area contributed by atoms with E-state index >= 15 is 0 Å². The lowest BCUT2D eigenvalue weighted by atomic mass is 9.68. The molecule has 0 radical (unpaired) electrons. The van der Waals surface area contributed by atoms with E-state index in [1.54, 1.807) is 0 Å². The molecule has 4 heteroatoms. The monoisotopic (exact) mass is 449 g/mol. The predicted molar refractivity (Wildman–Crippen MR) is 133 cm³/mol. The summed E-state index contributed by atoms with van der Waals surface area (Å²) < 4.78 is 5.06. The van der Waals surface area contributed by atoms with Crippen LogP contribution in [0.15, 0.2) is 121 Å². The Morgan fingerprint density at radius 2 is 1.06 bits per heavy atom. The van der Waals surface area contributed by atoms with Crippen molar-refractivity contribution in [3.8, 4) is 0 Å². The Hall–Kier alpha value is -4.18. The van der Waals surface area contributed by atoms with Gasteiger partial charge in [0.15, 0.2) is 0 Å². The SMILES string of the molecule is COC(=O)[C@@H](Cc1ccccc1)NC(=O)C(c1ccccc1)(c1ccccc1)c1ccccc1. The number of carbonyl (C=O) groups excluding carboxylic acids is 2. The molecule has 1 amide bonds. The van der Waals surface area contributed by atoms with E-state index < -0.39 is 17.4 Å². The molecule has 0 saturated carbocycles. The van der Waals surface area contributed by atoms with E-state index in [-0.39, 0.29) is 5.91 Å². The van der Waals surface area contributed by atoms with Crippen LogP contribution >= 0.6 is 0 Å². The van der Waals surface area contributed by atoms with Crippen molar-refractivity contribution in [2.75, 3.05) is 7.11 Å². The lowest BCUT2D eigenvalue weighted by molar-refractivity contribution is -0.145. The van der Waals surface area contributed by atoms with Gasteiger partial charge in [-0.3, -0.25) is 4.79 Å². The highest BCUT2D eigenvalue weighted by Crippen LogP contribution is 2.39. The van der Waals surface area contributed by atoms with Crippen LogP contribution in [-0.2, 0) is 26.2 Å². The number of hydrogen-bond donors (Lipinski definition) is 1. The first kappa shape index (κ1) is 23.0. The van der Waals surface area contributed by atoms with Crippen LogP contribution in [-0.4, -0.2) is 25.0 Å². The number of hydrogen-bond acceptors (Lipinski definition) is 3. The zero-order valence-electron chi connectivity index (χ0n) is 19.1. The lowest BCUT2D eigenvalue weighted by Crippen LogP contribution is -2.52. The van der Waals surface area contributed by atoms with Crippen LogP contribution in [0.3, 0.4) is 0 Å². The molecule has 0 aromatic heterocycles. The number of ether oxygens (including phenoxy) is 1. The second-order valence-electron chi connectivity index (χ2n) is 8.09. The van der Waals surface area contributed by atoms with Gasteiger partial charge < -0.3 is 10.1 Å². The molecule has 0 bridgehead atoms. The topological polar surface area (TPSA) is 55.4 Å². The molecule has 170 valence electrons. The number of benzene rings is 4. The fraction of sp³-hybridized carbons (Fsp3) is 0.133. The van der Waals surface area contributed by atoms with Crippen molar-refractivity contribution in [1.29, 1.82) is 0 Å². The molecular weight excluding hydrogens is 422 g/mol. The van der Waals surface area contributed by atoms with E-state index in [1.807, 2.05) is 121 Å². The number of rotatable bonds is 8. The summed E-state index contributed by atoms with van der Waals surface area (Å²) in [7, 11) is 1.34. The summed E-state index contributed by atoms with van der Waals surface area (Å²) in [6.45, 7) is 0. The number of esters is 1. The number of nitrogens with one attached hydrogen (secondary N) is 1. The van der Waals surface area contributed by atoms with Crippen molar-refractivity contribution < 1.29 is 14.3 Å². The van der Waals surface area contributed by atoms with Gasteiger partial charge in [-0.05, 0) is 22.3 Å². The van der Waals surface area contributed by atoms with Gasteiger partial charge >= 0.3 is 5.97 Å². The number of methoxy groups -OCH3 is 1. The average molecular weight is 450 g/mol. The first-order valence-corrected chi connectivity index (χ1v) is 11.3. The van der Waals surface area contributed by atoms with Crippen molar-refractivity contribution in [1.82, 2.24) is 5.32 Å². The molecule has 0 aliphatic rings. The molecule has 1 atom stereocenters. The quantitative estimate of drug-likeness (QED) is 0.307. The zero-order chi connectivity index (χ0) is 23.8. The number of amides is 1. The zero-order valence-corrected chi connectivity index (χ0v) is 19.1. The third kappa shape index (κ3) is 4.62. The van der Waals surface area contributed by atoms with Crippen LogP contribution in [0, 0.1) is 0 Å². The smallest absolute Gasteiger partial charge is 0.328 e. The molecule has 0 spiro atoms. The third-order valence-electron chi connectivity index (χ3n) is 6.03. The Kier molecular flexibility index (Phi) is 7.19. The molecule has 4 aromatic rings. The molecule has 4 aromatic carbocycles. The van der Waals surface area contributed by atoms with Gasteiger partial charge in [-0.15, -0.1) is 0 Å². The second kappa shape index (κ2) is 10.6. The largest absolute Gasteiger partial charge is 0.467 e. The maximum absolute atomic E-state index is 14.4. The summed E-state index contributed by atoms with van der Waals surface area (Å²) in [5.74, 6) is -0.775. The minimum Gasteiger partial charge on any atom is -0.467 e. The van der Waals surface area contributed by atoms with Crippen LogP contribution in [0.5, 0.6) is 0 Å². The van der Waals surface area contributed by atoms with Crippen molar-refractivity contribution in [3.63, 3.8) is 0 Å². The Labute approximate surface area is 200 Å². The summed E-state index contributed by atoms with van der Waals surface area (Å²) in [5, 5.41) is 3.04. The highest BCUT2D eigenvalue weighted by atomic mass is 16.5. The highest BCUT2D eigenvalue weighted by molar-refractivity contribution is 5.98. The minimum absolute atomic E-state index is 0.289. The minimum atomic E-state index is -1.16.